The van der Waals surface area contributed by atoms with Crippen LogP contribution in [0.4, 0.5) is 17.3 Å². The van der Waals surface area contributed by atoms with E-state index in [0.29, 0.717) is 5.95 Å². The molecule has 1 fully saturated rings. The van der Waals surface area contributed by atoms with Crippen LogP contribution in [0.1, 0.15) is 18.5 Å². The number of fused-ring (bicyclic) bond motifs is 1. The molecule has 1 atom stereocenters. The normalized spacial score (nSPS) is 15.3. The van der Waals surface area contributed by atoms with Crippen molar-refractivity contribution < 1.29 is 4.74 Å². The van der Waals surface area contributed by atoms with E-state index < -0.39 is 0 Å². The maximum atomic E-state index is 5.43. The third-order valence-corrected chi connectivity index (χ3v) is 5.48. The van der Waals surface area contributed by atoms with Crippen LogP contribution in [0.2, 0.25) is 0 Å². The van der Waals surface area contributed by atoms with Gasteiger partial charge in [0.1, 0.15) is 0 Å². The molecule has 0 unspecified atom stereocenters. The van der Waals surface area contributed by atoms with E-state index in [1.807, 2.05) is 35.3 Å². The Balaban J connectivity index is 1.37. The lowest BCUT2D eigenvalue weighted by molar-refractivity contribution is 0.122. The molecule has 0 aliphatic carbocycles. The number of benzene rings is 2. The second-order valence-corrected chi connectivity index (χ2v) is 7.42. The van der Waals surface area contributed by atoms with Crippen molar-refractivity contribution >= 4 is 28.4 Å². The lowest BCUT2D eigenvalue weighted by Crippen LogP contribution is -2.36. The summed E-state index contributed by atoms with van der Waals surface area (Å²) in [7, 11) is 0. The fourth-order valence-corrected chi connectivity index (χ4v) is 3.76. The molecule has 7 nitrogen and oxygen atoms in total. The first-order chi connectivity index (χ1) is 14.8. The van der Waals surface area contributed by atoms with E-state index in [-0.39, 0.29) is 6.04 Å². The molecule has 2 aromatic carbocycles. The zero-order chi connectivity index (χ0) is 20.3. The monoisotopic (exact) mass is 400 g/mol. The Labute approximate surface area is 175 Å². The first-order valence-corrected chi connectivity index (χ1v) is 10.2. The van der Waals surface area contributed by atoms with Crippen molar-refractivity contribution in [2.75, 3.05) is 36.5 Å². The lowest BCUT2D eigenvalue weighted by atomic mass is 10.1. The average Bonchev–Trinajstić information content (AvgIpc) is 3.23. The molecular weight excluding hydrogens is 376 g/mol. The minimum atomic E-state index is 0.0826. The summed E-state index contributed by atoms with van der Waals surface area (Å²) in [6.45, 7) is 5.54. The van der Waals surface area contributed by atoms with Gasteiger partial charge in [0.25, 0.3) is 0 Å². The van der Waals surface area contributed by atoms with Crippen molar-refractivity contribution in [1.82, 2.24) is 19.7 Å². The predicted octanol–water partition coefficient (Wildman–Crippen LogP) is 4.02. The van der Waals surface area contributed by atoms with Gasteiger partial charge >= 0.3 is 0 Å². The van der Waals surface area contributed by atoms with Gasteiger partial charge in [-0.15, -0.1) is 0 Å². The fourth-order valence-electron chi connectivity index (χ4n) is 3.76. The highest BCUT2D eigenvalue weighted by Crippen LogP contribution is 2.24. The number of rotatable bonds is 5. The maximum Gasteiger partial charge on any atom is 0.229 e. The summed E-state index contributed by atoms with van der Waals surface area (Å²) in [5.41, 5.74) is 4.16. The summed E-state index contributed by atoms with van der Waals surface area (Å²) in [6, 6.07) is 18.8. The number of morpholine rings is 1. The third kappa shape index (κ3) is 3.71. The molecule has 0 saturated carbocycles. The van der Waals surface area contributed by atoms with Gasteiger partial charge in [0.2, 0.25) is 5.95 Å². The van der Waals surface area contributed by atoms with Crippen LogP contribution in [0.15, 0.2) is 67.0 Å². The number of nitrogens with zero attached hydrogens (tertiary/aromatic N) is 5. The van der Waals surface area contributed by atoms with Crippen molar-refractivity contribution in [1.29, 1.82) is 0 Å². The Bertz CT molecular complexity index is 1120. The van der Waals surface area contributed by atoms with Gasteiger partial charge in [-0.1, -0.05) is 30.3 Å². The van der Waals surface area contributed by atoms with E-state index in [0.717, 1.165) is 43.0 Å². The van der Waals surface area contributed by atoms with Crippen LogP contribution in [0.3, 0.4) is 0 Å². The summed E-state index contributed by atoms with van der Waals surface area (Å²) < 4.78 is 7.37. The lowest BCUT2D eigenvalue weighted by Gasteiger charge is -2.28. The van der Waals surface area contributed by atoms with Crippen molar-refractivity contribution in [2.24, 2.45) is 0 Å². The van der Waals surface area contributed by atoms with Gasteiger partial charge in [0, 0.05) is 30.7 Å². The molecule has 2 aromatic heterocycles. The van der Waals surface area contributed by atoms with Gasteiger partial charge in [0.05, 0.1) is 30.8 Å². The Morgan fingerprint density at radius 2 is 1.73 bits per heavy atom. The predicted molar refractivity (Wildman–Crippen MR) is 118 cm³/mol. The van der Waals surface area contributed by atoms with E-state index >= 15 is 0 Å². The van der Waals surface area contributed by atoms with Crippen LogP contribution in [-0.4, -0.2) is 46.1 Å². The Morgan fingerprint density at radius 3 is 2.50 bits per heavy atom. The highest BCUT2D eigenvalue weighted by molar-refractivity contribution is 5.75. The van der Waals surface area contributed by atoms with Crippen LogP contribution < -0.4 is 10.2 Å². The van der Waals surface area contributed by atoms with Crippen LogP contribution in [-0.2, 0) is 4.74 Å². The summed E-state index contributed by atoms with van der Waals surface area (Å²) in [5, 5.41) is 8.79. The van der Waals surface area contributed by atoms with Crippen LogP contribution in [0.25, 0.3) is 11.0 Å². The number of hydrogen-bond acceptors (Lipinski definition) is 6. The molecular formula is C23H24N6O. The number of hydrogen-bond donors (Lipinski definition) is 1. The van der Waals surface area contributed by atoms with E-state index in [2.05, 4.69) is 63.6 Å². The third-order valence-electron chi connectivity index (χ3n) is 5.48. The van der Waals surface area contributed by atoms with E-state index in [1.165, 1.54) is 11.3 Å². The molecule has 1 N–H and O–H groups in total. The second-order valence-electron chi connectivity index (χ2n) is 7.42. The minimum absolute atomic E-state index is 0.0826. The minimum Gasteiger partial charge on any atom is -0.378 e. The molecule has 4 aromatic rings. The Morgan fingerprint density at radius 1 is 0.967 bits per heavy atom. The topological polar surface area (TPSA) is 68.1 Å². The summed E-state index contributed by atoms with van der Waals surface area (Å²) in [6.07, 6.45) is 3.63. The largest absolute Gasteiger partial charge is 0.378 e. The van der Waals surface area contributed by atoms with Gasteiger partial charge in [0.15, 0.2) is 5.65 Å². The molecule has 5 rings (SSSR count). The number of anilines is 3. The van der Waals surface area contributed by atoms with Crippen LogP contribution >= 0.6 is 0 Å². The molecule has 0 spiro atoms. The zero-order valence-corrected chi connectivity index (χ0v) is 16.9. The second kappa shape index (κ2) is 8.12. The average molecular weight is 400 g/mol. The first-order valence-electron chi connectivity index (χ1n) is 10.2. The van der Waals surface area contributed by atoms with Crippen molar-refractivity contribution in [2.45, 2.75) is 13.0 Å². The van der Waals surface area contributed by atoms with Gasteiger partial charge in [-0.05, 0) is 36.8 Å². The van der Waals surface area contributed by atoms with Crippen molar-refractivity contribution in [3.05, 3.63) is 72.6 Å². The van der Waals surface area contributed by atoms with E-state index in [4.69, 9.17) is 9.72 Å². The molecule has 1 aliphatic rings. The number of ether oxygens (including phenoxy) is 1. The molecule has 3 heterocycles. The standard InChI is InChI=1S/C23H24N6O/c1-17(18-5-3-2-4-6-18)29-22-19(16-25-29)15-24-23(27-22)26-20-7-9-21(10-8-20)28-11-13-30-14-12-28/h2-10,15-17H,11-14H2,1H3,(H,24,26,27)/t17-/m0/s1. The van der Waals surface area contributed by atoms with Crippen molar-refractivity contribution in [3.63, 3.8) is 0 Å². The molecule has 1 aliphatic heterocycles. The van der Waals surface area contributed by atoms with Gasteiger partial charge in [-0.3, -0.25) is 0 Å². The Hall–Kier alpha value is -3.45. The smallest absolute Gasteiger partial charge is 0.229 e. The molecule has 152 valence electrons. The molecule has 0 radical (unpaired) electrons. The fraction of sp³-hybridized carbons (Fsp3) is 0.261. The number of aromatic nitrogens is 4. The van der Waals surface area contributed by atoms with Gasteiger partial charge in [-0.25, -0.2) is 9.67 Å². The zero-order valence-electron chi connectivity index (χ0n) is 16.9. The molecule has 0 bridgehead atoms. The summed E-state index contributed by atoms with van der Waals surface area (Å²) >= 11 is 0. The molecule has 30 heavy (non-hydrogen) atoms. The molecule has 1 saturated heterocycles. The van der Waals surface area contributed by atoms with Crippen molar-refractivity contribution in [3.8, 4) is 0 Å². The molecule has 7 heteroatoms. The SMILES string of the molecule is C[C@@H](c1ccccc1)n1ncc2cnc(Nc3ccc(N4CCOCC4)cc3)nc21. The summed E-state index contributed by atoms with van der Waals surface area (Å²) in [4.78, 5) is 11.5. The maximum absolute atomic E-state index is 5.43. The quantitative estimate of drug-likeness (QED) is 0.546. The van der Waals surface area contributed by atoms with E-state index in [9.17, 15) is 0 Å². The van der Waals surface area contributed by atoms with Gasteiger partial charge < -0.3 is 15.0 Å². The van der Waals surface area contributed by atoms with Crippen LogP contribution in [0.5, 0.6) is 0 Å². The Kier molecular flexibility index (Phi) is 5.03. The summed E-state index contributed by atoms with van der Waals surface area (Å²) in [5.74, 6) is 0.559. The van der Waals surface area contributed by atoms with E-state index in [1.54, 1.807) is 0 Å². The van der Waals surface area contributed by atoms with Crippen LogP contribution in [0, 0.1) is 0 Å². The molecule has 0 amide bonds. The van der Waals surface area contributed by atoms with Gasteiger partial charge in [-0.2, -0.15) is 10.1 Å². The number of nitrogens with one attached hydrogen (secondary N) is 1. The highest BCUT2D eigenvalue weighted by atomic mass is 16.5. The first kappa shape index (κ1) is 18.6. The highest BCUT2D eigenvalue weighted by Gasteiger charge is 2.14.